The Balaban J connectivity index is 2.60. The molecule has 0 bridgehead atoms. The number of aromatic nitrogens is 3. The van der Waals surface area contributed by atoms with E-state index in [0.29, 0.717) is 19.6 Å². The van der Waals surface area contributed by atoms with Gasteiger partial charge in [-0.05, 0) is 20.3 Å². The maximum atomic E-state index is 6.15. The van der Waals surface area contributed by atoms with E-state index in [4.69, 9.17) is 10.5 Å². The van der Waals surface area contributed by atoms with Gasteiger partial charge in [-0.3, -0.25) is 4.68 Å². The summed E-state index contributed by atoms with van der Waals surface area (Å²) < 4.78 is 7.28. The van der Waals surface area contributed by atoms with Crippen LogP contribution < -0.4 is 5.73 Å². The first kappa shape index (κ1) is 13.1. The van der Waals surface area contributed by atoms with Crippen molar-refractivity contribution in [3.8, 4) is 0 Å². The average molecular weight is 226 g/mol. The Labute approximate surface area is 97.0 Å². The molecular formula is C11H22N4O. The Morgan fingerprint density at radius 1 is 1.50 bits per heavy atom. The lowest BCUT2D eigenvalue weighted by molar-refractivity contribution is 0.0999. The molecule has 5 nitrogen and oxygen atoms in total. The molecule has 0 saturated heterocycles. The van der Waals surface area contributed by atoms with Crippen LogP contribution in [0.3, 0.4) is 0 Å². The number of rotatable bonds is 7. The molecule has 2 N–H and O–H groups in total. The van der Waals surface area contributed by atoms with Gasteiger partial charge in [-0.25, -0.2) is 4.98 Å². The van der Waals surface area contributed by atoms with Crippen molar-refractivity contribution in [2.45, 2.75) is 45.7 Å². The predicted octanol–water partition coefficient (Wildman–Crippen LogP) is 0.984. The maximum absolute atomic E-state index is 6.15. The van der Waals surface area contributed by atoms with Crippen molar-refractivity contribution in [1.29, 1.82) is 0 Å². The minimum Gasteiger partial charge on any atom is -0.380 e. The van der Waals surface area contributed by atoms with Gasteiger partial charge in [0.05, 0.1) is 6.61 Å². The fraction of sp³-hybridized carbons (Fsp3) is 0.818. The molecule has 0 aliphatic carbocycles. The summed E-state index contributed by atoms with van der Waals surface area (Å²) in [5, 5.41) is 4.18. The fourth-order valence-corrected chi connectivity index (χ4v) is 1.57. The molecule has 0 amide bonds. The molecule has 0 radical (unpaired) electrons. The van der Waals surface area contributed by atoms with Crippen molar-refractivity contribution in [2.24, 2.45) is 5.73 Å². The van der Waals surface area contributed by atoms with Gasteiger partial charge in [0.25, 0.3) is 0 Å². The second-order valence-electron chi connectivity index (χ2n) is 4.37. The van der Waals surface area contributed by atoms with Crippen LogP contribution in [0.15, 0.2) is 6.33 Å². The Morgan fingerprint density at radius 2 is 2.25 bits per heavy atom. The molecule has 1 aromatic rings. The van der Waals surface area contributed by atoms with Crippen LogP contribution in [-0.2, 0) is 17.7 Å². The van der Waals surface area contributed by atoms with E-state index < -0.39 is 0 Å². The largest absolute Gasteiger partial charge is 0.380 e. The molecule has 16 heavy (non-hydrogen) atoms. The first-order chi connectivity index (χ1) is 7.59. The molecule has 92 valence electrons. The molecule has 1 aromatic heterocycles. The van der Waals surface area contributed by atoms with Crippen LogP contribution in [0.5, 0.6) is 0 Å². The Morgan fingerprint density at radius 3 is 2.88 bits per heavy atom. The highest BCUT2D eigenvalue weighted by molar-refractivity contribution is 4.95. The summed E-state index contributed by atoms with van der Waals surface area (Å²) in [7, 11) is 0. The number of aryl methyl sites for hydroxylation is 1. The molecule has 1 unspecified atom stereocenters. The summed E-state index contributed by atoms with van der Waals surface area (Å²) in [6, 6.07) is 0. The molecule has 0 aromatic carbocycles. The standard InChI is InChI=1S/C11H22N4O/c1-4-6-15-10(13-9-14-15)7-11(3,12)8-16-5-2/h9H,4-8,12H2,1-3H3. The number of ether oxygens (including phenoxy) is 1. The normalized spacial score (nSPS) is 15.0. The molecule has 1 rings (SSSR count). The topological polar surface area (TPSA) is 66.0 Å². The van der Waals surface area contributed by atoms with Gasteiger partial charge >= 0.3 is 0 Å². The SMILES string of the molecule is CCCn1ncnc1CC(C)(N)COCC. The van der Waals surface area contributed by atoms with Gasteiger partial charge in [0.1, 0.15) is 12.2 Å². The van der Waals surface area contributed by atoms with Crippen LogP contribution in [0.1, 0.15) is 33.0 Å². The second-order valence-corrected chi connectivity index (χ2v) is 4.37. The van der Waals surface area contributed by atoms with E-state index in [9.17, 15) is 0 Å². The smallest absolute Gasteiger partial charge is 0.138 e. The van der Waals surface area contributed by atoms with Crippen molar-refractivity contribution >= 4 is 0 Å². The summed E-state index contributed by atoms with van der Waals surface area (Å²) in [4.78, 5) is 4.24. The van der Waals surface area contributed by atoms with E-state index in [-0.39, 0.29) is 5.54 Å². The number of nitrogens with two attached hydrogens (primary N) is 1. The van der Waals surface area contributed by atoms with Gasteiger partial charge in [0.2, 0.25) is 0 Å². The summed E-state index contributed by atoms with van der Waals surface area (Å²) in [6.45, 7) is 8.19. The zero-order valence-corrected chi connectivity index (χ0v) is 10.4. The zero-order valence-electron chi connectivity index (χ0n) is 10.4. The Hall–Kier alpha value is -0.940. The van der Waals surface area contributed by atoms with Crippen molar-refractivity contribution in [1.82, 2.24) is 14.8 Å². The third kappa shape index (κ3) is 3.90. The zero-order chi connectivity index (χ0) is 12.0. The summed E-state index contributed by atoms with van der Waals surface area (Å²) in [6.07, 6.45) is 3.32. The first-order valence-corrected chi connectivity index (χ1v) is 5.82. The van der Waals surface area contributed by atoms with Gasteiger partial charge in [-0.15, -0.1) is 0 Å². The number of hydrogen-bond acceptors (Lipinski definition) is 4. The van der Waals surface area contributed by atoms with Crippen LogP contribution in [0.2, 0.25) is 0 Å². The van der Waals surface area contributed by atoms with E-state index in [0.717, 1.165) is 18.8 Å². The molecule has 0 aliphatic heterocycles. The molecule has 0 saturated carbocycles. The van der Waals surface area contributed by atoms with E-state index in [1.807, 2.05) is 18.5 Å². The van der Waals surface area contributed by atoms with Crippen molar-refractivity contribution < 1.29 is 4.74 Å². The minimum atomic E-state index is -0.380. The van der Waals surface area contributed by atoms with Crippen molar-refractivity contribution in [2.75, 3.05) is 13.2 Å². The van der Waals surface area contributed by atoms with Crippen LogP contribution in [0.25, 0.3) is 0 Å². The Bertz CT molecular complexity index is 309. The van der Waals surface area contributed by atoms with Crippen molar-refractivity contribution in [3.05, 3.63) is 12.2 Å². The highest BCUT2D eigenvalue weighted by Crippen LogP contribution is 2.09. The van der Waals surface area contributed by atoms with E-state index >= 15 is 0 Å². The van der Waals surface area contributed by atoms with Crippen LogP contribution in [0, 0.1) is 0 Å². The third-order valence-corrected chi connectivity index (χ3v) is 2.33. The van der Waals surface area contributed by atoms with E-state index in [2.05, 4.69) is 17.0 Å². The highest BCUT2D eigenvalue weighted by atomic mass is 16.5. The third-order valence-electron chi connectivity index (χ3n) is 2.33. The fourth-order valence-electron chi connectivity index (χ4n) is 1.57. The molecule has 1 atom stereocenters. The lowest BCUT2D eigenvalue weighted by atomic mass is 10.0. The molecule has 1 heterocycles. The second kappa shape index (κ2) is 5.96. The van der Waals surface area contributed by atoms with E-state index in [1.165, 1.54) is 0 Å². The van der Waals surface area contributed by atoms with Gasteiger partial charge in [-0.1, -0.05) is 6.92 Å². The summed E-state index contributed by atoms with van der Waals surface area (Å²) in [5.41, 5.74) is 5.77. The molecule has 0 spiro atoms. The highest BCUT2D eigenvalue weighted by Gasteiger charge is 2.22. The van der Waals surface area contributed by atoms with Crippen LogP contribution in [0.4, 0.5) is 0 Å². The first-order valence-electron chi connectivity index (χ1n) is 5.82. The van der Waals surface area contributed by atoms with Crippen LogP contribution in [-0.4, -0.2) is 33.5 Å². The number of hydrogen-bond donors (Lipinski definition) is 1. The predicted molar refractivity (Wildman–Crippen MR) is 63.1 cm³/mol. The van der Waals surface area contributed by atoms with Gasteiger partial charge < -0.3 is 10.5 Å². The maximum Gasteiger partial charge on any atom is 0.138 e. The molecular weight excluding hydrogens is 204 g/mol. The minimum absolute atomic E-state index is 0.380. The van der Waals surface area contributed by atoms with Crippen LogP contribution >= 0.6 is 0 Å². The lowest BCUT2D eigenvalue weighted by Gasteiger charge is -2.23. The van der Waals surface area contributed by atoms with Crippen molar-refractivity contribution in [3.63, 3.8) is 0 Å². The van der Waals surface area contributed by atoms with Gasteiger partial charge in [0, 0.05) is 25.1 Å². The quantitative estimate of drug-likeness (QED) is 0.752. The molecule has 5 heteroatoms. The number of nitrogens with zero attached hydrogens (tertiary/aromatic N) is 3. The summed E-state index contributed by atoms with van der Waals surface area (Å²) in [5.74, 6) is 0.937. The Kier molecular flexibility index (Phi) is 4.89. The molecule has 0 fully saturated rings. The molecule has 0 aliphatic rings. The average Bonchev–Trinajstić information content (AvgIpc) is 2.63. The van der Waals surface area contributed by atoms with Gasteiger partial charge in [-0.2, -0.15) is 5.10 Å². The summed E-state index contributed by atoms with van der Waals surface area (Å²) >= 11 is 0. The lowest BCUT2D eigenvalue weighted by Crippen LogP contribution is -2.44. The van der Waals surface area contributed by atoms with E-state index in [1.54, 1.807) is 6.33 Å². The monoisotopic (exact) mass is 226 g/mol. The van der Waals surface area contributed by atoms with Gasteiger partial charge in [0.15, 0.2) is 0 Å².